The zero-order chi connectivity index (χ0) is 20.9. The van der Waals surface area contributed by atoms with E-state index in [1.54, 1.807) is 7.11 Å². The van der Waals surface area contributed by atoms with Crippen LogP contribution in [0.15, 0.2) is 48.5 Å². The van der Waals surface area contributed by atoms with Gasteiger partial charge >= 0.3 is 0 Å². The number of amides is 1. The lowest BCUT2D eigenvalue weighted by Gasteiger charge is -2.17. The van der Waals surface area contributed by atoms with Gasteiger partial charge in [0.25, 0.3) is 0 Å². The number of nitrogens with one attached hydrogen (secondary N) is 2. The molecule has 0 bridgehead atoms. The Kier molecular flexibility index (Phi) is 6.32. The lowest BCUT2D eigenvalue weighted by molar-refractivity contribution is -0.122. The number of nitrogens with zero attached hydrogens (tertiary/aromatic N) is 2. The van der Waals surface area contributed by atoms with Crippen molar-refractivity contribution in [3.63, 3.8) is 0 Å². The number of rotatable bonds is 7. The second-order valence-corrected chi connectivity index (χ2v) is 8.16. The van der Waals surface area contributed by atoms with Crippen molar-refractivity contribution in [2.75, 3.05) is 25.5 Å². The normalized spacial score (nSPS) is 11.3. The quantitative estimate of drug-likeness (QED) is 0.587. The van der Waals surface area contributed by atoms with Crippen LogP contribution in [0.5, 0.6) is 5.75 Å². The molecule has 0 unspecified atom stereocenters. The zero-order valence-corrected chi connectivity index (χ0v) is 17.5. The minimum Gasteiger partial charge on any atom is -0.497 e. The van der Waals surface area contributed by atoms with Crippen LogP contribution < -0.4 is 15.4 Å². The summed E-state index contributed by atoms with van der Waals surface area (Å²) in [5.74, 6) is 2.25. The molecule has 1 aromatic heterocycles. The van der Waals surface area contributed by atoms with Gasteiger partial charge in [-0.05, 0) is 41.8 Å². The van der Waals surface area contributed by atoms with E-state index in [1.165, 1.54) is 0 Å². The molecule has 0 saturated heterocycles. The van der Waals surface area contributed by atoms with E-state index in [4.69, 9.17) is 14.7 Å². The first-order valence-electron chi connectivity index (χ1n) is 9.77. The van der Waals surface area contributed by atoms with E-state index in [9.17, 15) is 4.79 Å². The van der Waals surface area contributed by atoms with Gasteiger partial charge < -0.3 is 15.4 Å². The van der Waals surface area contributed by atoms with Crippen LogP contribution in [0, 0.1) is 5.41 Å². The van der Waals surface area contributed by atoms with Crippen LogP contribution in [0.1, 0.15) is 27.2 Å². The fourth-order valence-electron chi connectivity index (χ4n) is 3.01. The third kappa shape index (κ3) is 5.67. The third-order valence-electron chi connectivity index (χ3n) is 4.38. The molecule has 1 heterocycles. The number of benzene rings is 2. The molecule has 29 heavy (non-hydrogen) atoms. The predicted molar refractivity (Wildman–Crippen MR) is 117 cm³/mol. The maximum Gasteiger partial charge on any atom is 0.220 e. The van der Waals surface area contributed by atoms with Crippen LogP contribution in [-0.2, 0) is 4.79 Å². The molecule has 2 N–H and O–H groups in total. The Morgan fingerprint density at radius 1 is 1.00 bits per heavy atom. The molecule has 0 spiro atoms. The molecule has 0 saturated carbocycles. The molecule has 1 amide bonds. The van der Waals surface area contributed by atoms with Gasteiger partial charge in [-0.15, -0.1) is 0 Å². The van der Waals surface area contributed by atoms with E-state index in [2.05, 4.69) is 31.4 Å². The summed E-state index contributed by atoms with van der Waals surface area (Å²) in [6.07, 6.45) is 0.505. The molecule has 0 aliphatic heterocycles. The minimum absolute atomic E-state index is 0.0202. The number of ether oxygens (including phenoxy) is 1. The van der Waals surface area contributed by atoms with Gasteiger partial charge in [0, 0.05) is 30.5 Å². The molecule has 6 heteroatoms. The van der Waals surface area contributed by atoms with E-state index in [0.29, 0.717) is 25.3 Å². The van der Waals surface area contributed by atoms with Gasteiger partial charge in [-0.3, -0.25) is 4.79 Å². The van der Waals surface area contributed by atoms with E-state index in [1.807, 2.05) is 48.5 Å². The highest BCUT2D eigenvalue weighted by atomic mass is 16.5. The number of anilines is 1. The largest absolute Gasteiger partial charge is 0.497 e. The third-order valence-corrected chi connectivity index (χ3v) is 4.38. The van der Waals surface area contributed by atoms with E-state index in [0.717, 1.165) is 28.0 Å². The Morgan fingerprint density at radius 3 is 2.41 bits per heavy atom. The fraction of sp³-hybridized carbons (Fsp3) is 0.348. The van der Waals surface area contributed by atoms with Crippen LogP contribution in [0.3, 0.4) is 0 Å². The van der Waals surface area contributed by atoms with E-state index in [-0.39, 0.29) is 11.3 Å². The Morgan fingerprint density at radius 2 is 1.72 bits per heavy atom. The Balaban J connectivity index is 1.75. The van der Waals surface area contributed by atoms with Crippen molar-refractivity contribution in [2.24, 2.45) is 5.41 Å². The standard InChI is InChI=1S/C23H28N4O2/c1-23(2,3)15-20(28)24-13-14-25-22-18-7-5-6-8-19(18)26-21(27-22)16-9-11-17(29-4)12-10-16/h5-12H,13-15H2,1-4H3,(H,24,28)(H,25,26,27). The molecular formula is C23H28N4O2. The van der Waals surface area contributed by atoms with Gasteiger partial charge in [0.2, 0.25) is 5.91 Å². The Hall–Kier alpha value is -3.15. The summed E-state index contributed by atoms with van der Waals surface area (Å²) in [5, 5.41) is 7.26. The molecule has 3 aromatic rings. The van der Waals surface area contributed by atoms with E-state index >= 15 is 0 Å². The van der Waals surface area contributed by atoms with Crippen LogP contribution in [-0.4, -0.2) is 36.1 Å². The molecule has 3 rings (SSSR count). The molecule has 0 aliphatic rings. The summed E-state index contributed by atoms with van der Waals surface area (Å²) >= 11 is 0. The van der Waals surface area contributed by atoms with Gasteiger partial charge in [0.15, 0.2) is 5.82 Å². The van der Waals surface area contributed by atoms with Crippen LogP contribution in [0.25, 0.3) is 22.3 Å². The van der Waals surface area contributed by atoms with Gasteiger partial charge in [-0.2, -0.15) is 0 Å². The summed E-state index contributed by atoms with van der Waals surface area (Å²) in [6, 6.07) is 15.6. The van der Waals surface area contributed by atoms with Crippen molar-refractivity contribution in [3.8, 4) is 17.1 Å². The van der Waals surface area contributed by atoms with Gasteiger partial charge in [-0.1, -0.05) is 32.9 Å². The van der Waals surface area contributed by atoms with Crippen molar-refractivity contribution in [3.05, 3.63) is 48.5 Å². The van der Waals surface area contributed by atoms with Crippen molar-refractivity contribution in [2.45, 2.75) is 27.2 Å². The molecule has 0 fully saturated rings. The second-order valence-electron chi connectivity index (χ2n) is 8.16. The summed E-state index contributed by atoms with van der Waals surface area (Å²) in [6.45, 7) is 7.28. The Bertz CT molecular complexity index is 978. The molecule has 152 valence electrons. The highest BCUT2D eigenvalue weighted by Gasteiger charge is 2.15. The number of methoxy groups -OCH3 is 1. The first-order chi connectivity index (χ1) is 13.9. The number of para-hydroxylation sites is 1. The first-order valence-corrected chi connectivity index (χ1v) is 9.77. The van der Waals surface area contributed by atoms with Crippen LogP contribution in [0.2, 0.25) is 0 Å². The molecule has 2 aromatic carbocycles. The zero-order valence-electron chi connectivity index (χ0n) is 17.5. The highest BCUT2D eigenvalue weighted by Crippen LogP contribution is 2.26. The monoisotopic (exact) mass is 392 g/mol. The molecule has 0 aliphatic carbocycles. The predicted octanol–water partition coefficient (Wildman–Crippen LogP) is 4.27. The van der Waals surface area contributed by atoms with Crippen molar-refractivity contribution >= 4 is 22.6 Å². The summed E-state index contributed by atoms with van der Waals surface area (Å²) in [5.41, 5.74) is 1.76. The van der Waals surface area contributed by atoms with Gasteiger partial charge in [0.05, 0.1) is 12.6 Å². The maximum absolute atomic E-state index is 12.0. The SMILES string of the molecule is COc1ccc(-c2nc(NCCNC(=O)CC(C)(C)C)c3ccccc3n2)cc1. The lowest BCUT2D eigenvalue weighted by atomic mass is 9.92. The maximum atomic E-state index is 12.0. The van der Waals surface area contributed by atoms with Crippen molar-refractivity contribution < 1.29 is 9.53 Å². The van der Waals surface area contributed by atoms with Crippen LogP contribution in [0.4, 0.5) is 5.82 Å². The van der Waals surface area contributed by atoms with Crippen molar-refractivity contribution in [1.82, 2.24) is 15.3 Å². The number of hydrogen-bond donors (Lipinski definition) is 2. The highest BCUT2D eigenvalue weighted by molar-refractivity contribution is 5.90. The summed E-state index contributed by atoms with van der Waals surface area (Å²) in [7, 11) is 1.64. The number of fused-ring (bicyclic) bond motifs is 1. The topological polar surface area (TPSA) is 76.1 Å². The van der Waals surface area contributed by atoms with Gasteiger partial charge in [-0.25, -0.2) is 9.97 Å². The lowest BCUT2D eigenvalue weighted by Crippen LogP contribution is -2.31. The smallest absolute Gasteiger partial charge is 0.220 e. The number of aromatic nitrogens is 2. The van der Waals surface area contributed by atoms with E-state index < -0.39 is 0 Å². The summed E-state index contributed by atoms with van der Waals surface area (Å²) < 4.78 is 5.23. The fourth-order valence-corrected chi connectivity index (χ4v) is 3.01. The minimum atomic E-state index is -0.0202. The average Bonchev–Trinajstić information content (AvgIpc) is 2.69. The molecule has 0 atom stereocenters. The van der Waals surface area contributed by atoms with Crippen LogP contribution >= 0.6 is 0 Å². The second kappa shape index (κ2) is 8.90. The number of carbonyl (C=O) groups excluding carboxylic acids is 1. The average molecular weight is 393 g/mol. The van der Waals surface area contributed by atoms with Gasteiger partial charge in [0.1, 0.15) is 11.6 Å². The number of hydrogen-bond acceptors (Lipinski definition) is 5. The molecule has 6 nitrogen and oxygen atoms in total. The molecular weight excluding hydrogens is 364 g/mol. The number of carbonyl (C=O) groups is 1. The molecule has 0 radical (unpaired) electrons. The van der Waals surface area contributed by atoms with Crippen molar-refractivity contribution in [1.29, 1.82) is 0 Å². The summed E-state index contributed by atoms with van der Waals surface area (Å²) in [4.78, 5) is 21.4. The Labute approximate surface area is 171 Å². The first kappa shape index (κ1) is 20.6.